The molecule has 0 radical (unpaired) electrons. The number of benzene rings is 3. The smallest absolute Gasteiger partial charge is 0.310 e. The Morgan fingerprint density at radius 1 is 1.00 bits per heavy atom. The van der Waals surface area contributed by atoms with E-state index in [1.54, 1.807) is 30.3 Å². The number of hydrogen-bond acceptors (Lipinski definition) is 2. The van der Waals surface area contributed by atoms with Gasteiger partial charge >= 0.3 is 6.18 Å². The van der Waals surface area contributed by atoms with Crippen LogP contribution in [-0.2, 0) is 23.9 Å². The number of halogens is 6. The number of rotatable bonds is 5. The SMILES string of the molecule is Cc1ccc(N(CCc2c(F)cc(C(F)(F)F)c(F)c2F)C(=O)C2NCc3ccccc32)cc1C. The minimum atomic E-state index is -5.24. The van der Waals surface area contributed by atoms with Crippen molar-refractivity contribution in [1.82, 2.24) is 5.32 Å². The highest BCUT2D eigenvalue weighted by Gasteiger charge is 2.38. The van der Waals surface area contributed by atoms with Crippen molar-refractivity contribution in [2.45, 2.75) is 39.0 Å². The first kappa shape index (κ1) is 24.8. The fourth-order valence-corrected chi connectivity index (χ4v) is 4.23. The van der Waals surface area contributed by atoms with Crippen LogP contribution in [-0.4, -0.2) is 12.5 Å². The number of carbonyl (C=O) groups excluding carboxylic acids is 1. The van der Waals surface area contributed by atoms with E-state index in [4.69, 9.17) is 0 Å². The third-order valence-corrected chi connectivity index (χ3v) is 6.32. The standard InChI is InChI=1S/C26H22F6N2O/c1-14-7-8-17(11-15(14)2)34(25(35)24-18-6-4-3-5-16(18)13-33-24)10-9-19-21(27)12-20(26(30,31)32)23(29)22(19)28/h3-8,11-12,24,33H,9-10,13H2,1-2H3. The van der Waals surface area contributed by atoms with Crippen LogP contribution < -0.4 is 10.2 Å². The minimum absolute atomic E-state index is 0.0509. The molecule has 4 rings (SSSR count). The number of nitrogens with one attached hydrogen (secondary N) is 1. The number of fused-ring (bicyclic) bond motifs is 1. The molecule has 1 aliphatic heterocycles. The molecule has 0 aromatic heterocycles. The van der Waals surface area contributed by atoms with E-state index < -0.39 is 53.1 Å². The predicted molar refractivity (Wildman–Crippen MR) is 119 cm³/mol. The summed E-state index contributed by atoms with van der Waals surface area (Å²) in [6.45, 7) is 3.91. The van der Waals surface area contributed by atoms with Gasteiger partial charge < -0.3 is 4.90 Å². The average molecular weight is 492 g/mol. The van der Waals surface area contributed by atoms with Crippen molar-refractivity contribution in [3.63, 3.8) is 0 Å². The van der Waals surface area contributed by atoms with Gasteiger partial charge in [0.05, 0.1) is 5.56 Å². The molecule has 1 amide bonds. The highest BCUT2D eigenvalue weighted by Crippen LogP contribution is 2.35. The van der Waals surface area contributed by atoms with Gasteiger partial charge in [-0.05, 0) is 60.7 Å². The van der Waals surface area contributed by atoms with Crippen LogP contribution in [0, 0.1) is 31.3 Å². The van der Waals surface area contributed by atoms with E-state index in [-0.39, 0.29) is 12.6 Å². The molecule has 0 saturated carbocycles. The number of carbonyl (C=O) groups is 1. The number of alkyl halides is 3. The number of aryl methyl sites for hydroxylation is 2. The van der Waals surface area contributed by atoms with Crippen molar-refractivity contribution in [3.8, 4) is 0 Å². The lowest BCUT2D eigenvalue weighted by Crippen LogP contribution is -2.40. The number of amides is 1. The molecule has 1 unspecified atom stereocenters. The first-order valence-corrected chi connectivity index (χ1v) is 10.9. The van der Waals surface area contributed by atoms with Gasteiger partial charge in [-0.1, -0.05) is 30.3 Å². The predicted octanol–water partition coefficient (Wildman–Crippen LogP) is 6.16. The van der Waals surface area contributed by atoms with Crippen LogP contribution in [0.15, 0.2) is 48.5 Å². The summed E-state index contributed by atoms with van der Waals surface area (Å²) in [4.78, 5) is 14.9. The first-order valence-electron chi connectivity index (χ1n) is 10.9. The first-order chi connectivity index (χ1) is 16.5. The van der Waals surface area contributed by atoms with Crippen LogP contribution in [0.1, 0.15) is 39.4 Å². The van der Waals surface area contributed by atoms with Gasteiger partial charge in [0.1, 0.15) is 11.9 Å². The van der Waals surface area contributed by atoms with E-state index in [1.807, 2.05) is 26.0 Å². The van der Waals surface area contributed by atoms with Crippen LogP contribution in [0.25, 0.3) is 0 Å². The van der Waals surface area contributed by atoms with Crippen molar-refractivity contribution in [2.75, 3.05) is 11.4 Å². The summed E-state index contributed by atoms with van der Waals surface area (Å²) >= 11 is 0. The topological polar surface area (TPSA) is 32.3 Å². The van der Waals surface area contributed by atoms with E-state index in [0.717, 1.165) is 22.3 Å². The third-order valence-electron chi connectivity index (χ3n) is 6.32. The summed E-state index contributed by atoms with van der Waals surface area (Å²) < 4.78 is 81.8. The lowest BCUT2D eigenvalue weighted by atomic mass is 10.0. The fraction of sp³-hybridized carbons (Fsp3) is 0.269. The Hall–Kier alpha value is -3.33. The van der Waals surface area contributed by atoms with Gasteiger partial charge in [-0.15, -0.1) is 0 Å². The van der Waals surface area contributed by atoms with Gasteiger partial charge in [-0.3, -0.25) is 10.1 Å². The van der Waals surface area contributed by atoms with Crippen molar-refractivity contribution >= 4 is 11.6 Å². The van der Waals surface area contributed by atoms with Gasteiger partial charge in [-0.2, -0.15) is 13.2 Å². The van der Waals surface area contributed by atoms with E-state index in [0.29, 0.717) is 12.2 Å². The molecule has 3 aromatic rings. The summed E-state index contributed by atoms with van der Waals surface area (Å²) in [7, 11) is 0. The highest BCUT2D eigenvalue weighted by atomic mass is 19.4. The van der Waals surface area contributed by atoms with E-state index >= 15 is 0 Å². The maximum atomic E-state index is 14.5. The molecular weight excluding hydrogens is 470 g/mol. The lowest BCUT2D eigenvalue weighted by Gasteiger charge is -2.27. The van der Waals surface area contributed by atoms with Crippen LogP contribution in [0.5, 0.6) is 0 Å². The zero-order chi connectivity index (χ0) is 25.5. The van der Waals surface area contributed by atoms with Gasteiger partial charge in [0.2, 0.25) is 5.91 Å². The monoisotopic (exact) mass is 492 g/mol. The largest absolute Gasteiger partial charge is 0.419 e. The third kappa shape index (κ3) is 4.77. The van der Waals surface area contributed by atoms with Crippen LogP contribution in [0.3, 0.4) is 0 Å². The molecule has 35 heavy (non-hydrogen) atoms. The van der Waals surface area contributed by atoms with Gasteiger partial charge in [0.15, 0.2) is 11.6 Å². The molecule has 3 nitrogen and oxygen atoms in total. The normalized spacial score (nSPS) is 15.3. The molecule has 1 atom stereocenters. The molecule has 184 valence electrons. The summed E-state index contributed by atoms with van der Waals surface area (Å²) in [5.41, 5.74) is 1.14. The molecular formula is C26H22F6N2O. The molecule has 0 saturated heterocycles. The van der Waals surface area contributed by atoms with E-state index in [1.165, 1.54) is 4.90 Å². The maximum absolute atomic E-state index is 14.5. The Balaban J connectivity index is 1.69. The van der Waals surface area contributed by atoms with Crippen molar-refractivity contribution in [2.24, 2.45) is 0 Å². The van der Waals surface area contributed by atoms with Crippen LogP contribution in [0.2, 0.25) is 0 Å². The fourth-order valence-electron chi connectivity index (χ4n) is 4.23. The minimum Gasteiger partial charge on any atom is -0.310 e. The lowest BCUT2D eigenvalue weighted by molar-refractivity contribution is -0.140. The number of hydrogen-bond donors (Lipinski definition) is 1. The summed E-state index contributed by atoms with van der Waals surface area (Å²) in [6.07, 6.45) is -5.77. The second-order valence-corrected chi connectivity index (χ2v) is 8.53. The second kappa shape index (κ2) is 9.37. The van der Waals surface area contributed by atoms with Crippen LogP contribution in [0.4, 0.5) is 32.0 Å². The molecule has 1 aliphatic rings. The highest BCUT2D eigenvalue weighted by molar-refractivity contribution is 5.98. The average Bonchev–Trinajstić information content (AvgIpc) is 3.24. The van der Waals surface area contributed by atoms with Gasteiger partial charge in [-0.25, -0.2) is 13.2 Å². The van der Waals surface area contributed by atoms with Crippen molar-refractivity contribution in [3.05, 3.63) is 99.4 Å². The quantitative estimate of drug-likeness (QED) is 0.342. The van der Waals surface area contributed by atoms with Crippen molar-refractivity contribution < 1.29 is 31.1 Å². The molecule has 3 aromatic carbocycles. The summed E-state index contributed by atoms with van der Waals surface area (Å²) in [5, 5.41) is 3.13. The molecule has 0 aliphatic carbocycles. The Morgan fingerprint density at radius 2 is 1.71 bits per heavy atom. The molecule has 0 spiro atoms. The van der Waals surface area contributed by atoms with Gasteiger partial charge in [0, 0.05) is 24.3 Å². The Bertz CT molecular complexity index is 1290. The van der Waals surface area contributed by atoms with Crippen molar-refractivity contribution in [1.29, 1.82) is 0 Å². The zero-order valence-corrected chi connectivity index (χ0v) is 18.9. The summed E-state index contributed by atoms with van der Waals surface area (Å²) in [5.74, 6) is -5.99. The summed E-state index contributed by atoms with van der Waals surface area (Å²) in [6, 6.07) is 11.8. The van der Waals surface area contributed by atoms with E-state index in [9.17, 15) is 31.1 Å². The second-order valence-electron chi connectivity index (χ2n) is 8.53. The maximum Gasteiger partial charge on any atom is 0.419 e. The van der Waals surface area contributed by atoms with Crippen LogP contribution >= 0.6 is 0 Å². The molecule has 0 fully saturated rings. The molecule has 0 bridgehead atoms. The Labute approximate surface area is 198 Å². The Kier molecular flexibility index (Phi) is 6.64. The number of nitrogens with zero attached hydrogens (tertiary/aromatic N) is 1. The molecule has 1 N–H and O–H groups in total. The molecule has 1 heterocycles. The number of anilines is 1. The van der Waals surface area contributed by atoms with Gasteiger partial charge in [0.25, 0.3) is 0 Å². The molecule has 9 heteroatoms. The Morgan fingerprint density at radius 3 is 2.40 bits per heavy atom. The van der Waals surface area contributed by atoms with E-state index in [2.05, 4.69) is 5.32 Å². The zero-order valence-electron chi connectivity index (χ0n) is 18.9.